The average molecular weight is 281 g/mol. The normalized spacial score (nSPS) is 10.3. The fraction of sp³-hybridized carbons (Fsp3) is 0.500. The molecule has 1 heterocycles. The molecule has 8 nitrogen and oxygen atoms in total. The largest absolute Gasteiger partial charge is 0.369 e. The van der Waals surface area contributed by atoms with E-state index >= 15 is 0 Å². The molecule has 0 aliphatic heterocycles. The van der Waals surface area contributed by atoms with E-state index in [1.807, 2.05) is 0 Å². The maximum absolute atomic E-state index is 12.1. The van der Waals surface area contributed by atoms with Crippen molar-refractivity contribution in [2.75, 3.05) is 32.4 Å². The Morgan fingerprint density at radius 3 is 2.75 bits per heavy atom. The van der Waals surface area contributed by atoms with Crippen molar-refractivity contribution in [2.45, 2.75) is 13.3 Å². The molecule has 1 amide bonds. The molecule has 1 rings (SSSR count). The zero-order chi connectivity index (χ0) is 15.1. The fourth-order valence-electron chi connectivity index (χ4n) is 1.64. The Bertz CT molecular complexity index is 540. The monoisotopic (exact) mass is 281 g/mol. The van der Waals surface area contributed by atoms with E-state index in [9.17, 15) is 14.4 Å². The molecule has 4 N–H and O–H groups in total. The standard InChI is InChI=1S/C12H19N5O3/c1-8(18)7-17(4-3-14-2)10(19)5-9-6-15-12(13)16-11(9)20/h6,14H,3-5,7H2,1-2H3,(H3,13,15,16,20). The smallest absolute Gasteiger partial charge is 0.255 e. The van der Waals surface area contributed by atoms with E-state index in [0.29, 0.717) is 13.1 Å². The molecular formula is C12H19N5O3. The summed E-state index contributed by atoms with van der Waals surface area (Å²) in [4.78, 5) is 42.4. The van der Waals surface area contributed by atoms with Gasteiger partial charge < -0.3 is 16.0 Å². The van der Waals surface area contributed by atoms with Gasteiger partial charge in [-0.1, -0.05) is 0 Å². The van der Waals surface area contributed by atoms with E-state index < -0.39 is 5.56 Å². The molecule has 0 unspecified atom stereocenters. The molecule has 0 saturated heterocycles. The zero-order valence-corrected chi connectivity index (χ0v) is 11.6. The van der Waals surface area contributed by atoms with E-state index in [2.05, 4.69) is 15.3 Å². The molecule has 110 valence electrons. The molecule has 8 heteroatoms. The van der Waals surface area contributed by atoms with Crippen LogP contribution in [0.3, 0.4) is 0 Å². The number of anilines is 1. The Labute approximate surface area is 116 Å². The number of H-pyrrole nitrogens is 1. The number of nitrogens with one attached hydrogen (secondary N) is 2. The summed E-state index contributed by atoms with van der Waals surface area (Å²) in [5.41, 5.74) is 5.12. The van der Waals surface area contributed by atoms with Crippen LogP contribution in [0, 0.1) is 0 Å². The SMILES string of the molecule is CNCCN(CC(C)=O)C(=O)Cc1cnc(N)[nH]c1=O. The zero-order valence-electron chi connectivity index (χ0n) is 11.6. The van der Waals surface area contributed by atoms with Crippen LogP contribution in [0.1, 0.15) is 12.5 Å². The van der Waals surface area contributed by atoms with Gasteiger partial charge in [0.15, 0.2) is 5.95 Å². The third-order valence-electron chi connectivity index (χ3n) is 2.63. The Kier molecular flexibility index (Phi) is 5.85. The van der Waals surface area contributed by atoms with Crippen LogP contribution in [0.25, 0.3) is 0 Å². The quantitative estimate of drug-likeness (QED) is 0.561. The van der Waals surface area contributed by atoms with Gasteiger partial charge in [0.1, 0.15) is 5.78 Å². The average Bonchev–Trinajstić information content (AvgIpc) is 2.37. The molecule has 0 aromatic carbocycles. The highest BCUT2D eigenvalue weighted by molar-refractivity contribution is 5.85. The van der Waals surface area contributed by atoms with Gasteiger partial charge in [0.2, 0.25) is 5.91 Å². The number of rotatable bonds is 7. The number of Topliss-reactive ketones (excluding diaryl/α,β-unsaturated/α-hetero) is 1. The molecule has 1 aromatic heterocycles. The lowest BCUT2D eigenvalue weighted by Crippen LogP contribution is -2.40. The number of carbonyl (C=O) groups is 2. The number of nitrogens with zero attached hydrogens (tertiary/aromatic N) is 2. The molecule has 20 heavy (non-hydrogen) atoms. The van der Waals surface area contributed by atoms with Gasteiger partial charge in [-0.25, -0.2) is 4.98 Å². The van der Waals surface area contributed by atoms with E-state index in [1.165, 1.54) is 18.0 Å². The lowest BCUT2D eigenvalue weighted by Gasteiger charge is -2.21. The summed E-state index contributed by atoms with van der Waals surface area (Å²) in [6.07, 6.45) is 1.16. The minimum atomic E-state index is -0.442. The maximum Gasteiger partial charge on any atom is 0.255 e. The van der Waals surface area contributed by atoms with Crippen molar-refractivity contribution >= 4 is 17.6 Å². The van der Waals surface area contributed by atoms with Gasteiger partial charge in [0, 0.05) is 24.8 Å². The van der Waals surface area contributed by atoms with Crippen LogP contribution >= 0.6 is 0 Å². The Hall–Kier alpha value is -2.22. The van der Waals surface area contributed by atoms with Gasteiger partial charge in [0.25, 0.3) is 5.56 Å². The number of ketones is 1. The Morgan fingerprint density at radius 2 is 2.20 bits per heavy atom. The predicted octanol–water partition coefficient (Wildman–Crippen LogP) is -1.47. The maximum atomic E-state index is 12.1. The number of amides is 1. The van der Waals surface area contributed by atoms with E-state index in [1.54, 1.807) is 7.05 Å². The molecule has 1 aromatic rings. The van der Waals surface area contributed by atoms with Crippen molar-refractivity contribution in [3.8, 4) is 0 Å². The van der Waals surface area contributed by atoms with Gasteiger partial charge >= 0.3 is 0 Å². The molecule has 0 radical (unpaired) electrons. The highest BCUT2D eigenvalue weighted by Gasteiger charge is 2.17. The van der Waals surface area contributed by atoms with Gasteiger partial charge in [-0.2, -0.15) is 0 Å². The number of carbonyl (C=O) groups excluding carboxylic acids is 2. The summed E-state index contributed by atoms with van der Waals surface area (Å²) in [5, 5.41) is 2.91. The first-order valence-corrected chi connectivity index (χ1v) is 6.19. The molecule has 0 spiro atoms. The van der Waals surface area contributed by atoms with Crippen molar-refractivity contribution in [2.24, 2.45) is 0 Å². The second kappa shape index (κ2) is 7.39. The number of hydrogen-bond donors (Lipinski definition) is 3. The first kappa shape index (κ1) is 15.8. The summed E-state index contributed by atoms with van der Waals surface area (Å²) < 4.78 is 0. The molecule has 0 aliphatic rings. The number of hydrogen-bond acceptors (Lipinski definition) is 6. The first-order chi connectivity index (χ1) is 9.43. The van der Waals surface area contributed by atoms with E-state index in [-0.39, 0.29) is 36.2 Å². The minimum Gasteiger partial charge on any atom is -0.369 e. The molecule has 0 saturated carbocycles. The lowest BCUT2D eigenvalue weighted by atomic mass is 10.2. The number of nitrogen functional groups attached to an aromatic ring is 1. The predicted molar refractivity (Wildman–Crippen MR) is 74.2 cm³/mol. The highest BCUT2D eigenvalue weighted by Crippen LogP contribution is 1.98. The van der Waals surface area contributed by atoms with Crippen LogP contribution in [0.4, 0.5) is 5.95 Å². The van der Waals surface area contributed by atoms with Gasteiger partial charge in [-0.15, -0.1) is 0 Å². The second-order valence-corrected chi connectivity index (χ2v) is 4.42. The van der Waals surface area contributed by atoms with Crippen molar-refractivity contribution in [1.82, 2.24) is 20.2 Å². The van der Waals surface area contributed by atoms with Crippen molar-refractivity contribution in [3.63, 3.8) is 0 Å². The Morgan fingerprint density at radius 1 is 1.50 bits per heavy atom. The first-order valence-electron chi connectivity index (χ1n) is 6.19. The van der Waals surface area contributed by atoms with Gasteiger partial charge in [-0.05, 0) is 14.0 Å². The number of nitrogens with two attached hydrogens (primary N) is 1. The van der Waals surface area contributed by atoms with Gasteiger partial charge in [-0.3, -0.25) is 19.4 Å². The lowest BCUT2D eigenvalue weighted by molar-refractivity contribution is -0.134. The van der Waals surface area contributed by atoms with Crippen molar-refractivity contribution in [3.05, 3.63) is 22.1 Å². The molecule has 0 fully saturated rings. The molecular weight excluding hydrogens is 262 g/mol. The summed E-state index contributed by atoms with van der Waals surface area (Å²) >= 11 is 0. The van der Waals surface area contributed by atoms with Crippen molar-refractivity contribution in [1.29, 1.82) is 0 Å². The topological polar surface area (TPSA) is 121 Å². The summed E-state index contributed by atoms with van der Waals surface area (Å²) in [7, 11) is 1.75. The van der Waals surface area contributed by atoms with Gasteiger partial charge in [0.05, 0.1) is 13.0 Å². The van der Waals surface area contributed by atoms with E-state index in [4.69, 9.17) is 5.73 Å². The molecule has 0 aliphatic carbocycles. The number of aromatic amines is 1. The summed E-state index contributed by atoms with van der Waals surface area (Å²) in [6.45, 7) is 2.41. The third-order valence-corrected chi connectivity index (χ3v) is 2.63. The van der Waals surface area contributed by atoms with Crippen LogP contribution in [0.5, 0.6) is 0 Å². The highest BCUT2D eigenvalue weighted by atomic mass is 16.2. The second-order valence-electron chi connectivity index (χ2n) is 4.42. The van der Waals surface area contributed by atoms with E-state index in [0.717, 1.165) is 0 Å². The summed E-state index contributed by atoms with van der Waals surface area (Å²) in [6, 6.07) is 0. The minimum absolute atomic E-state index is 0.00183. The number of likely N-dealkylation sites (N-methyl/N-ethyl adjacent to an activating group) is 1. The van der Waals surface area contributed by atoms with Crippen LogP contribution in [-0.2, 0) is 16.0 Å². The van der Waals surface area contributed by atoms with Crippen molar-refractivity contribution < 1.29 is 9.59 Å². The fourth-order valence-corrected chi connectivity index (χ4v) is 1.64. The Balaban J connectivity index is 2.78. The molecule has 0 bridgehead atoms. The third kappa shape index (κ3) is 4.81. The molecule has 0 atom stereocenters. The number of aromatic nitrogens is 2. The van der Waals surface area contributed by atoms with Crippen LogP contribution in [-0.4, -0.2) is 53.2 Å². The van der Waals surface area contributed by atoms with Crippen LogP contribution in [0.2, 0.25) is 0 Å². The summed E-state index contributed by atoms with van der Waals surface area (Å²) in [5.74, 6) is -0.409. The van der Waals surface area contributed by atoms with Crippen LogP contribution < -0.4 is 16.6 Å². The van der Waals surface area contributed by atoms with Crippen LogP contribution in [0.15, 0.2) is 11.0 Å².